The molecule has 0 fully saturated rings. The molecule has 3 aromatic rings. The zero-order valence-corrected chi connectivity index (χ0v) is 11.0. The molecule has 0 unspecified atom stereocenters. The molecule has 6 heteroatoms. The number of benzene rings is 1. The van der Waals surface area contributed by atoms with E-state index in [0.717, 1.165) is 16.2 Å². The van der Waals surface area contributed by atoms with Crippen molar-refractivity contribution in [3.05, 3.63) is 35.7 Å². The van der Waals surface area contributed by atoms with Gasteiger partial charge in [-0.1, -0.05) is 17.3 Å². The van der Waals surface area contributed by atoms with Crippen molar-refractivity contribution in [3.8, 4) is 27.9 Å². The maximum Gasteiger partial charge on any atom is 0.268 e. The highest BCUT2D eigenvalue weighted by atomic mass is 32.1. The lowest BCUT2D eigenvalue weighted by molar-refractivity contribution is 0.415. The van der Waals surface area contributed by atoms with Gasteiger partial charge in [0.05, 0.1) is 12.0 Å². The third-order valence-corrected chi connectivity index (χ3v) is 3.49. The van der Waals surface area contributed by atoms with Gasteiger partial charge in [-0.3, -0.25) is 0 Å². The molecule has 0 bridgehead atoms. The smallest absolute Gasteiger partial charge is 0.268 e. The van der Waals surface area contributed by atoms with Gasteiger partial charge in [-0.05, 0) is 12.1 Å². The highest BCUT2D eigenvalue weighted by molar-refractivity contribution is 7.13. The first-order valence-electron chi connectivity index (χ1n) is 5.59. The number of nitrogens with two attached hydrogens (primary N) is 1. The summed E-state index contributed by atoms with van der Waals surface area (Å²) in [6, 6.07) is 9.23. The molecule has 2 aromatic heterocycles. The number of anilines is 1. The van der Waals surface area contributed by atoms with Crippen LogP contribution in [0.4, 0.5) is 5.69 Å². The van der Waals surface area contributed by atoms with Gasteiger partial charge in [0, 0.05) is 22.7 Å². The van der Waals surface area contributed by atoms with Crippen molar-refractivity contribution in [1.82, 2.24) is 10.1 Å². The van der Waals surface area contributed by atoms with Crippen LogP contribution in [0, 0.1) is 0 Å². The highest BCUT2D eigenvalue weighted by Crippen LogP contribution is 2.31. The van der Waals surface area contributed by atoms with Crippen LogP contribution >= 0.6 is 11.3 Å². The number of methoxy groups -OCH3 is 1. The zero-order chi connectivity index (χ0) is 13.2. The summed E-state index contributed by atoms with van der Waals surface area (Å²) in [5, 5.41) is 5.85. The van der Waals surface area contributed by atoms with Crippen LogP contribution in [-0.2, 0) is 0 Å². The van der Waals surface area contributed by atoms with Crippen LogP contribution < -0.4 is 10.5 Å². The lowest BCUT2D eigenvalue weighted by atomic mass is 10.2. The molecule has 0 amide bonds. The Hall–Kier alpha value is -2.34. The fourth-order valence-corrected chi connectivity index (χ4v) is 2.43. The molecular formula is C13H11N3O2S. The number of nitrogens with zero attached hydrogens (tertiary/aromatic N) is 2. The summed E-state index contributed by atoms with van der Waals surface area (Å²) in [5.74, 6) is 1.78. The summed E-state index contributed by atoms with van der Waals surface area (Å²) in [5.41, 5.74) is 7.23. The van der Waals surface area contributed by atoms with Gasteiger partial charge in [-0.15, -0.1) is 11.3 Å². The van der Waals surface area contributed by atoms with E-state index in [9.17, 15) is 0 Å². The molecule has 0 aliphatic heterocycles. The van der Waals surface area contributed by atoms with E-state index in [-0.39, 0.29) is 0 Å². The van der Waals surface area contributed by atoms with Crippen LogP contribution in [0.5, 0.6) is 5.75 Å². The molecule has 19 heavy (non-hydrogen) atoms. The minimum Gasteiger partial charge on any atom is -0.496 e. The largest absolute Gasteiger partial charge is 0.496 e. The molecule has 0 radical (unpaired) electrons. The number of rotatable bonds is 3. The van der Waals surface area contributed by atoms with Crippen molar-refractivity contribution in [2.24, 2.45) is 0 Å². The van der Waals surface area contributed by atoms with Crippen LogP contribution in [0.3, 0.4) is 0 Å². The SMILES string of the molecule is COc1csc(-c2nc(-c3cccc(N)c3)no2)c1. The minimum atomic E-state index is 0.478. The summed E-state index contributed by atoms with van der Waals surface area (Å²) < 4.78 is 10.4. The first kappa shape index (κ1) is 11.7. The number of hydrogen-bond donors (Lipinski definition) is 1. The molecule has 0 atom stereocenters. The van der Waals surface area contributed by atoms with Gasteiger partial charge in [0.25, 0.3) is 5.89 Å². The first-order chi connectivity index (χ1) is 9.26. The molecule has 0 aliphatic carbocycles. The quantitative estimate of drug-likeness (QED) is 0.742. The summed E-state index contributed by atoms with van der Waals surface area (Å²) in [6.07, 6.45) is 0. The Bertz CT molecular complexity index is 705. The Labute approximate surface area is 113 Å². The van der Waals surface area contributed by atoms with E-state index in [1.165, 1.54) is 11.3 Å². The molecule has 2 heterocycles. The first-order valence-corrected chi connectivity index (χ1v) is 6.47. The van der Waals surface area contributed by atoms with Gasteiger partial charge in [0.15, 0.2) is 0 Å². The van der Waals surface area contributed by atoms with Crippen LogP contribution in [0.1, 0.15) is 0 Å². The highest BCUT2D eigenvalue weighted by Gasteiger charge is 2.13. The number of aromatic nitrogens is 2. The Morgan fingerprint density at radius 2 is 2.21 bits per heavy atom. The minimum absolute atomic E-state index is 0.478. The van der Waals surface area contributed by atoms with Crippen molar-refractivity contribution >= 4 is 17.0 Å². The summed E-state index contributed by atoms with van der Waals surface area (Å²) >= 11 is 1.49. The van der Waals surface area contributed by atoms with E-state index in [4.69, 9.17) is 15.0 Å². The second-order valence-electron chi connectivity index (χ2n) is 3.90. The van der Waals surface area contributed by atoms with E-state index in [1.807, 2.05) is 35.7 Å². The van der Waals surface area contributed by atoms with Gasteiger partial charge in [-0.2, -0.15) is 4.98 Å². The van der Waals surface area contributed by atoms with Crippen LogP contribution in [0.15, 0.2) is 40.2 Å². The van der Waals surface area contributed by atoms with E-state index in [2.05, 4.69) is 10.1 Å². The third kappa shape index (κ3) is 2.30. The second-order valence-corrected chi connectivity index (χ2v) is 4.81. The Morgan fingerprint density at radius 3 is 2.95 bits per heavy atom. The number of nitrogen functional groups attached to an aromatic ring is 1. The zero-order valence-electron chi connectivity index (χ0n) is 10.2. The van der Waals surface area contributed by atoms with E-state index < -0.39 is 0 Å². The monoisotopic (exact) mass is 273 g/mol. The van der Waals surface area contributed by atoms with Crippen molar-refractivity contribution in [3.63, 3.8) is 0 Å². The van der Waals surface area contributed by atoms with E-state index in [0.29, 0.717) is 17.4 Å². The van der Waals surface area contributed by atoms with Gasteiger partial charge >= 0.3 is 0 Å². The maximum atomic E-state index is 5.73. The molecule has 1 aromatic carbocycles. The molecular weight excluding hydrogens is 262 g/mol. The lowest BCUT2D eigenvalue weighted by Gasteiger charge is -1.95. The molecule has 0 spiro atoms. The molecule has 5 nitrogen and oxygen atoms in total. The Morgan fingerprint density at radius 1 is 1.32 bits per heavy atom. The van der Waals surface area contributed by atoms with Gasteiger partial charge in [-0.25, -0.2) is 0 Å². The van der Waals surface area contributed by atoms with Gasteiger partial charge in [0.1, 0.15) is 5.75 Å². The molecule has 0 aliphatic rings. The van der Waals surface area contributed by atoms with Crippen LogP contribution in [-0.4, -0.2) is 17.3 Å². The van der Waals surface area contributed by atoms with Crippen molar-refractivity contribution in [2.45, 2.75) is 0 Å². The average molecular weight is 273 g/mol. The van der Waals surface area contributed by atoms with Crippen molar-refractivity contribution in [2.75, 3.05) is 12.8 Å². The predicted molar refractivity (Wildman–Crippen MR) is 74.0 cm³/mol. The fourth-order valence-electron chi connectivity index (χ4n) is 1.66. The summed E-state index contributed by atoms with van der Waals surface area (Å²) in [4.78, 5) is 5.24. The fraction of sp³-hybridized carbons (Fsp3) is 0.0769. The van der Waals surface area contributed by atoms with Crippen molar-refractivity contribution < 1.29 is 9.26 Å². The average Bonchev–Trinajstić information content (AvgIpc) is 3.07. The third-order valence-electron chi connectivity index (χ3n) is 2.59. The Kier molecular flexibility index (Phi) is 2.92. The Balaban J connectivity index is 1.95. The second kappa shape index (κ2) is 4.74. The standard InChI is InChI=1S/C13H11N3O2S/c1-17-10-6-11(19-7-10)13-15-12(16-18-13)8-3-2-4-9(14)5-8/h2-7H,14H2,1H3. The number of thiophene rings is 1. The van der Waals surface area contributed by atoms with E-state index >= 15 is 0 Å². The molecule has 3 rings (SSSR count). The predicted octanol–water partition coefficient (Wildman–Crippen LogP) is 3.06. The topological polar surface area (TPSA) is 74.2 Å². The summed E-state index contributed by atoms with van der Waals surface area (Å²) in [6.45, 7) is 0. The number of hydrogen-bond acceptors (Lipinski definition) is 6. The van der Waals surface area contributed by atoms with Crippen molar-refractivity contribution in [1.29, 1.82) is 0 Å². The van der Waals surface area contributed by atoms with Crippen LogP contribution in [0.25, 0.3) is 22.2 Å². The van der Waals surface area contributed by atoms with Gasteiger partial charge in [0.2, 0.25) is 5.82 Å². The molecule has 2 N–H and O–H groups in total. The van der Waals surface area contributed by atoms with E-state index in [1.54, 1.807) is 7.11 Å². The van der Waals surface area contributed by atoms with Gasteiger partial charge < -0.3 is 15.0 Å². The normalized spacial score (nSPS) is 10.6. The molecule has 96 valence electrons. The maximum absolute atomic E-state index is 5.73. The van der Waals surface area contributed by atoms with Crippen LogP contribution in [0.2, 0.25) is 0 Å². The molecule has 0 saturated heterocycles. The lowest BCUT2D eigenvalue weighted by Crippen LogP contribution is -1.86. The molecule has 0 saturated carbocycles. The number of ether oxygens (including phenoxy) is 1. The summed E-state index contributed by atoms with van der Waals surface area (Å²) in [7, 11) is 1.62.